The molecule has 2 nitrogen and oxygen atoms in total. The van der Waals surface area contributed by atoms with E-state index in [4.69, 9.17) is 0 Å². The Morgan fingerprint density at radius 1 is 0.900 bits per heavy atom. The van der Waals surface area contributed by atoms with Crippen molar-refractivity contribution in [2.75, 3.05) is 0 Å². The average Bonchev–Trinajstić information content (AvgIpc) is 2.81. The Bertz CT molecular complexity index is 734. The van der Waals surface area contributed by atoms with Crippen LogP contribution >= 0.6 is 12.4 Å². The summed E-state index contributed by atoms with van der Waals surface area (Å²) in [7, 11) is 0. The fourth-order valence-electron chi connectivity index (χ4n) is 2.07. The summed E-state index contributed by atoms with van der Waals surface area (Å²) in [6, 6.07) is 12.6. The van der Waals surface area contributed by atoms with Gasteiger partial charge in [0.25, 0.3) is 0 Å². The Morgan fingerprint density at radius 3 is 2.30 bits per heavy atom. The zero-order valence-corrected chi connectivity index (χ0v) is 10.9. The first-order chi connectivity index (χ1) is 9.07. The van der Waals surface area contributed by atoms with Crippen LogP contribution in [0.3, 0.4) is 0 Å². The SMILES string of the molecule is Cl.FC(F)(F)c1ccccc1-n1cnc2ccccc21. The van der Waals surface area contributed by atoms with Crippen LogP contribution in [0.4, 0.5) is 13.2 Å². The first-order valence-electron chi connectivity index (χ1n) is 5.66. The minimum absolute atomic E-state index is 0. The van der Waals surface area contributed by atoms with Gasteiger partial charge in [0.15, 0.2) is 0 Å². The van der Waals surface area contributed by atoms with Gasteiger partial charge in [-0.1, -0.05) is 24.3 Å². The van der Waals surface area contributed by atoms with Crippen LogP contribution in [0.2, 0.25) is 0 Å². The van der Waals surface area contributed by atoms with Gasteiger partial charge in [-0.2, -0.15) is 13.2 Å². The van der Waals surface area contributed by atoms with E-state index in [1.807, 2.05) is 0 Å². The second kappa shape index (κ2) is 5.17. The van der Waals surface area contributed by atoms with E-state index in [2.05, 4.69) is 4.98 Å². The van der Waals surface area contributed by atoms with Crippen LogP contribution in [0, 0.1) is 0 Å². The van der Waals surface area contributed by atoms with E-state index in [0.29, 0.717) is 11.0 Å². The third-order valence-corrected chi connectivity index (χ3v) is 2.92. The molecule has 3 rings (SSSR count). The Hall–Kier alpha value is -2.01. The summed E-state index contributed by atoms with van der Waals surface area (Å²) in [5, 5.41) is 0. The summed E-state index contributed by atoms with van der Waals surface area (Å²) < 4.78 is 40.5. The molecule has 1 heterocycles. The maximum Gasteiger partial charge on any atom is 0.418 e. The zero-order valence-electron chi connectivity index (χ0n) is 10.1. The van der Waals surface area contributed by atoms with Crippen molar-refractivity contribution in [3.8, 4) is 5.69 Å². The predicted octanol–water partition coefficient (Wildman–Crippen LogP) is 4.47. The standard InChI is InChI=1S/C14H9F3N2.ClH/c15-14(16,17)10-5-1-3-7-12(10)19-9-18-11-6-2-4-8-13(11)19;/h1-9H;1H. The average molecular weight is 299 g/mol. The quantitative estimate of drug-likeness (QED) is 0.648. The van der Waals surface area contributed by atoms with Crippen molar-refractivity contribution < 1.29 is 13.2 Å². The highest BCUT2D eigenvalue weighted by molar-refractivity contribution is 5.85. The molecule has 104 valence electrons. The molecule has 0 spiro atoms. The van der Waals surface area contributed by atoms with Gasteiger partial charge in [0.2, 0.25) is 0 Å². The summed E-state index contributed by atoms with van der Waals surface area (Å²) >= 11 is 0. The number of imidazole rings is 1. The number of alkyl halides is 3. The highest BCUT2D eigenvalue weighted by atomic mass is 35.5. The Morgan fingerprint density at radius 2 is 1.55 bits per heavy atom. The maximum absolute atomic E-state index is 13.0. The number of aromatic nitrogens is 2. The molecule has 0 saturated carbocycles. The molecular weight excluding hydrogens is 289 g/mol. The molecule has 0 unspecified atom stereocenters. The van der Waals surface area contributed by atoms with Gasteiger partial charge < -0.3 is 0 Å². The van der Waals surface area contributed by atoms with Gasteiger partial charge in [-0.05, 0) is 24.3 Å². The number of benzene rings is 2. The fourth-order valence-corrected chi connectivity index (χ4v) is 2.07. The molecule has 0 radical (unpaired) electrons. The van der Waals surface area contributed by atoms with Crippen molar-refractivity contribution >= 4 is 23.4 Å². The largest absolute Gasteiger partial charge is 0.418 e. The molecule has 0 aliphatic carbocycles. The molecule has 6 heteroatoms. The number of fused-ring (bicyclic) bond motifs is 1. The Labute approximate surface area is 119 Å². The van der Waals surface area contributed by atoms with E-state index in [9.17, 15) is 13.2 Å². The number of hydrogen-bond donors (Lipinski definition) is 0. The smallest absolute Gasteiger partial charge is 0.298 e. The molecule has 0 bridgehead atoms. The van der Waals surface area contributed by atoms with Gasteiger partial charge in [0, 0.05) is 0 Å². The summed E-state index contributed by atoms with van der Waals surface area (Å²) in [6.07, 6.45) is -2.97. The van der Waals surface area contributed by atoms with Gasteiger partial charge in [-0.25, -0.2) is 4.98 Å². The molecule has 3 aromatic rings. The first kappa shape index (κ1) is 14.4. The van der Waals surface area contributed by atoms with Gasteiger partial charge in [0.1, 0.15) is 6.33 Å². The van der Waals surface area contributed by atoms with E-state index in [1.165, 1.54) is 23.0 Å². The van der Waals surface area contributed by atoms with Gasteiger partial charge in [-0.3, -0.25) is 4.57 Å². The number of nitrogens with zero attached hydrogens (tertiary/aromatic N) is 2. The summed E-state index contributed by atoms with van der Waals surface area (Å²) in [6.45, 7) is 0. The third-order valence-electron chi connectivity index (χ3n) is 2.92. The van der Waals surface area contributed by atoms with Crippen molar-refractivity contribution in [3.63, 3.8) is 0 Å². The van der Waals surface area contributed by atoms with E-state index < -0.39 is 11.7 Å². The maximum atomic E-state index is 13.0. The highest BCUT2D eigenvalue weighted by Crippen LogP contribution is 2.34. The van der Waals surface area contributed by atoms with Gasteiger partial charge in [0.05, 0.1) is 22.3 Å². The summed E-state index contributed by atoms with van der Waals surface area (Å²) in [4.78, 5) is 4.11. The molecule has 0 fully saturated rings. The van der Waals surface area contributed by atoms with E-state index in [-0.39, 0.29) is 18.1 Å². The van der Waals surface area contributed by atoms with Crippen molar-refractivity contribution in [1.82, 2.24) is 9.55 Å². The lowest BCUT2D eigenvalue weighted by atomic mass is 10.1. The molecule has 0 aliphatic heterocycles. The lowest BCUT2D eigenvalue weighted by Crippen LogP contribution is -2.10. The van der Waals surface area contributed by atoms with Crippen molar-refractivity contribution in [2.24, 2.45) is 0 Å². The van der Waals surface area contributed by atoms with Crippen molar-refractivity contribution in [2.45, 2.75) is 6.18 Å². The van der Waals surface area contributed by atoms with Crippen LogP contribution in [-0.4, -0.2) is 9.55 Å². The minimum Gasteiger partial charge on any atom is -0.298 e. The highest BCUT2D eigenvalue weighted by Gasteiger charge is 2.33. The molecule has 2 aromatic carbocycles. The third kappa shape index (κ3) is 2.36. The fraction of sp³-hybridized carbons (Fsp3) is 0.0714. The number of hydrogen-bond acceptors (Lipinski definition) is 1. The molecule has 0 amide bonds. The Kier molecular flexibility index (Phi) is 3.72. The van der Waals surface area contributed by atoms with Crippen molar-refractivity contribution in [1.29, 1.82) is 0 Å². The molecule has 0 N–H and O–H groups in total. The topological polar surface area (TPSA) is 17.8 Å². The predicted molar refractivity (Wildman–Crippen MR) is 73.3 cm³/mol. The van der Waals surface area contributed by atoms with Crippen LogP contribution in [0.15, 0.2) is 54.9 Å². The number of para-hydroxylation sites is 3. The van der Waals surface area contributed by atoms with Crippen LogP contribution in [0.5, 0.6) is 0 Å². The number of rotatable bonds is 1. The second-order valence-corrected chi connectivity index (χ2v) is 4.12. The molecular formula is C14H10ClF3N2. The monoisotopic (exact) mass is 298 g/mol. The lowest BCUT2D eigenvalue weighted by Gasteiger charge is -2.13. The van der Waals surface area contributed by atoms with Crippen molar-refractivity contribution in [3.05, 3.63) is 60.4 Å². The zero-order chi connectivity index (χ0) is 13.5. The summed E-state index contributed by atoms with van der Waals surface area (Å²) in [5.41, 5.74) is 0.737. The Balaban J connectivity index is 0.00000147. The molecule has 1 aromatic heterocycles. The second-order valence-electron chi connectivity index (χ2n) is 4.12. The van der Waals surface area contributed by atoms with E-state index in [0.717, 1.165) is 6.07 Å². The van der Waals surface area contributed by atoms with Crippen LogP contribution < -0.4 is 0 Å². The van der Waals surface area contributed by atoms with E-state index in [1.54, 1.807) is 30.3 Å². The molecule has 20 heavy (non-hydrogen) atoms. The summed E-state index contributed by atoms with van der Waals surface area (Å²) in [5.74, 6) is 0. The van der Waals surface area contributed by atoms with Gasteiger partial charge >= 0.3 is 6.18 Å². The number of halogens is 4. The molecule has 0 aliphatic rings. The minimum atomic E-state index is -4.39. The lowest BCUT2D eigenvalue weighted by molar-refractivity contribution is -0.137. The molecule has 0 atom stereocenters. The van der Waals surface area contributed by atoms with Crippen LogP contribution in [0.25, 0.3) is 16.7 Å². The van der Waals surface area contributed by atoms with Gasteiger partial charge in [-0.15, -0.1) is 12.4 Å². The van der Waals surface area contributed by atoms with Crippen LogP contribution in [-0.2, 0) is 6.18 Å². The van der Waals surface area contributed by atoms with Crippen LogP contribution in [0.1, 0.15) is 5.56 Å². The molecule has 0 saturated heterocycles. The first-order valence-corrected chi connectivity index (χ1v) is 5.66. The van der Waals surface area contributed by atoms with E-state index >= 15 is 0 Å². The normalized spacial score (nSPS) is 11.3.